The average Bonchev–Trinajstić information content (AvgIpc) is 3.77. The molecule has 4 aromatic carbocycles. The quantitative estimate of drug-likeness (QED) is 0.135. The van der Waals surface area contributed by atoms with Crippen LogP contribution in [0, 0.1) is 11.8 Å². The van der Waals surface area contributed by atoms with Crippen LogP contribution in [-0.2, 0) is 4.74 Å². The first-order chi connectivity index (χ1) is 25.1. The second-order valence-corrected chi connectivity index (χ2v) is 13.3. The zero-order valence-corrected chi connectivity index (χ0v) is 30.8. The highest BCUT2D eigenvalue weighted by Crippen LogP contribution is 2.51. The summed E-state index contributed by atoms with van der Waals surface area (Å²) >= 11 is 0. The third-order valence-electron chi connectivity index (χ3n) is 10.1. The van der Waals surface area contributed by atoms with E-state index in [0.29, 0.717) is 57.1 Å². The molecule has 0 aliphatic carbocycles. The van der Waals surface area contributed by atoms with Crippen molar-refractivity contribution < 1.29 is 52.8 Å². The van der Waals surface area contributed by atoms with E-state index in [4.69, 9.17) is 42.6 Å². The highest BCUT2D eigenvalue weighted by Gasteiger charge is 2.41. The van der Waals surface area contributed by atoms with Gasteiger partial charge in [0.2, 0.25) is 6.79 Å². The molecule has 2 heterocycles. The molecule has 2 aliphatic heterocycles. The van der Waals surface area contributed by atoms with Gasteiger partial charge in [-0.3, -0.25) is 0 Å². The van der Waals surface area contributed by atoms with Gasteiger partial charge in [0.1, 0.15) is 24.4 Å². The highest BCUT2D eigenvalue weighted by atomic mass is 16.7. The molecule has 2 N–H and O–H groups in total. The van der Waals surface area contributed by atoms with Crippen molar-refractivity contribution in [3.05, 3.63) is 95.1 Å². The van der Waals surface area contributed by atoms with Crippen LogP contribution in [0.4, 0.5) is 0 Å². The maximum Gasteiger partial charge on any atom is 0.231 e. The molecule has 6 rings (SSSR count). The molecule has 4 unspecified atom stereocenters. The normalized spacial score (nSPS) is 21.5. The summed E-state index contributed by atoms with van der Waals surface area (Å²) in [6.07, 6.45) is -3.43. The second kappa shape index (κ2) is 15.8. The number of aliphatic hydroxyl groups is 2. The fourth-order valence-electron chi connectivity index (χ4n) is 6.84. The van der Waals surface area contributed by atoms with Crippen LogP contribution >= 0.6 is 0 Å². The number of aliphatic hydroxyl groups excluding tert-OH is 2. The van der Waals surface area contributed by atoms with Crippen molar-refractivity contribution in [2.75, 3.05) is 35.2 Å². The summed E-state index contributed by atoms with van der Waals surface area (Å²) < 4.78 is 52.3. The summed E-state index contributed by atoms with van der Waals surface area (Å²) in [5.74, 6) is 4.80. The zero-order chi connectivity index (χ0) is 37.1. The zero-order valence-electron chi connectivity index (χ0n) is 30.8. The van der Waals surface area contributed by atoms with Gasteiger partial charge in [-0.1, -0.05) is 38.1 Å². The summed E-state index contributed by atoms with van der Waals surface area (Å²) in [6.45, 7) is 8.14. The van der Waals surface area contributed by atoms with Crippen molar-refractivity contribution in [3.63, 3.8) is 0 Å². The van der Waals surface area contributed by atoms with Gasteiger partial charge in [-0.2, -0.15) is 0 Å². The topological polar surface area (TPSA) is 124 Å². The molecule has 0 amide bonds. The van der Waals surface area contributed by atoms with Gasteiger partial charge in [0.25, 0.3) is 0 Å². The first-order valence-electron chi connectivity index (χ1n) is 17.4. The van der Waals surface area contributed by atoms with Crippen LogP contribution in [0.5, 0.6) is 46.0 Å². The van der Waals surface area contributed by atoms with Crippen LogP contribution in [0.3, 0.4) is 0 Å². The Hall–Kier alpha value is -4.84. The standard InChI is InChI=1S/C41H48O11/c1-22-23(2)41(29-12-16-33(36(20-29)47-8)51-25(4)39(43)27-10-14-31-37(18-27)49-21-48-31)52-40(22)28-11-15-32(35(19-28)46-7)50-24(3)38(42)26-9-13-30(44-5)34(17-26)45-6/h9-20,22-25,38-43H,21H2,1-8H3/t22-,23-,24?,25?,38?,39?,40+,41+/m1/s1. The van der Waals surface area contributed by atoms with Gasteiger partial charge in [0.05, 0.1) is 40.6 Å². The van der Waals surface area contributed by atoms with E-state index in [2.05, 4.69) is 13.8 Å². The minimum absolute atomic E-state index is 0.164. The van der Waals surface area contributed by atoms with Crippen LogP contribution in [-0.4, -0.2) is 57.7 Å². The molecule has 11 heteroatoms. The number of hydrogen-bond acceptors (Lipinski definition) is 11. The third-order valence-corrected chi connectivity index (χ3v) is 10.1. The Morgan fingerprint density at radius 2 is 0.981 bits per heavy atom. The fraction of sp³-hybridized carbons (Fsp3) is 0.415. The van der Waals surface area contributed by atoms with E-state index in [9.17, 15) is 10.2 Å². The van der Waals surface area contributed by atoms with Crippen molar-refractivity contribution in [2.45, 2.75) is 64.3 Å². The molecule has 11 nitrogen and oxygen atoms in total. The van der Waals surface area contributed by atoms with Crippen molar-refractivity contribution in [1.82, 2.24) is 0 Å². The van der Waals surface area contributed by atoms with Gasteiger partial charge in [-0.15, -0.1) is 0 Å². The predicted octanol–water partition coefficient (Wildman–Crippen LogP) is 7.54. The van der Waals surface area contributed by atoms with Crippen molar-refractivity contribution >= 4 is 0 Å². The summed E-state index contributed by atoms with van der Waals surface area (Å²) in [4.78, 5) is 0. The van der Waals surface area contributed by atoms with E-state index in [1.165, 1.54) is 0 Å². The Morgan fingerprint density at radius 1 is 0.538 bits per heavy atom. The Kier molecular flexibility index (Phi) is 11.2. The molecule has 2 aliphatic rings. The minimum atomic E-state index is -0.930. The highest BCUT2D eigenvalue weighted by molar-refractivity contribution is 5.48. The minimum Gasteiger partial charge on any atom is -0.493 e. The van der Waals surface area contributed by atoms with Gasteiger partial charge in [-0.25, -0.2) is 0 Å². The van der Waals surface area contributed by atoms with Crippen LogP contribution in [0.25, 0.3) is 0 Å². The maximum absolute atomic E-state index is 11.1. The van der Waals surface area contributed by atoms with Crippen LogP contribution < -0.4 is 37.9 Å². The number of fused-ring (bicyclic) bond motifs is 1. The van der Waals surface area contributed by atoms with E-state index in [1.807, 2.05) is 43.3 Å². The molecular formula is C41H48O11. The number of ether oxygens (including phenoxy) is 9. The van der Waals surface area contributed by atoms with Gasteiger partial charge < -0.3 is 52.8 Å². The Balaban J connectivity index is 1.14. The Morgan fingerprint density at radius 3 is 1.50 bits per heavy atom. The molecule has 4 aromatic rings. The maximum atomic E-state index is 11.1. The molecule has 0 radical (unpaired) electrons. The number of hydrogen-bond donors (Lipinski definition) is 2. The van der Waals surface area contributed by atoms with Gasteiger partial charge in [0.15, 0.2) is 46.0 Å². The van der Waals surface area contributed by atoms with Crippen LogP contribution in [0.1, 0.15) is 74.4 Å². The first-order valence-corrected chi connectivity index (χ1v) is 17.4. The summed E-state index contributed by atoms with van der Waals surface area (Å²) in [6, 6.07) is 22.2. The molecule has 8 atom stereocenters. The lowest BCUT2D eigenvalue weighted by atomic mass is 9.85. The van der Waals surface area contributed by atoms with Gasteiger partial charge >= 0.3 is 0 Å². The number of benzene rings is 4. The SMILES string of the molecule is COc1ccc(C(O)C(C)Oc2ccc([C@H]3O[C@H](c4ccc(OC(C)C(O)c5ccc6c(c5)OCO6)c(OC)c4)[C@H](C)[C@H]3C)cc2OC)cc1OC. The Labute approximate surface area is 304 Å². The average molecular weight is 717 g/mol. The molecule has 1 saturated heterocycles. The lowest BCUT2D eigenvalue weighted by molar-refractivity contribution is 0.0281. The van der Waals surface area contributed by atoms with E-state index in [0.717, 1.165) is 11.1 Å². The summed E-state index contributed by atoms with van der Waals surface area (Å²) in [7, 11) is 6.31. The molecular weight excluding hydrogens is 668 g/mol. The Bertz CT molecular complexity index is 1840. The fourth-order valence-corrected chi connectivity index (χ4v) is 6.84. The van der Waals surface area contributed by atoms with E-state index in [-0.39, 0.29) is 30.8 Å². The van der Waals surface area contributed by atoms with Crippen LogP contribution in [0.2, 0.25) is 0 Å². The van der Waals surface area contributed by atoms with Gasteiger partial charge in [-0.05, 0) is 96.5 Å². The molecule has 0 spiro atoms. The molecule has 0 saturated carbocycles. The monoisotopic (exact) mass is 716 g/mol. The lowest BCUT2D eigenvalue weighted by Crippen LogP contribution is -2.22. The van der Waals surface area contributed by atoms with E-state index < -0.39 is 24.4 Å². The van der Waals surface area contributed by atoms with Crippen molar-refractivity contribution in [3.8, 4) is 46.0 Å². The summed E-state index contributed by atoms with van der Waals surface area (Å²) in [5, 5.41) is 22.2. The smallest absolute Gasteiger partial charge is 0.231 e. The largest absolute Gasteiger partial charge is 0.493 e. The molecule has 52 heavy (non-hydrogen) atoms. The van der Waals surface area contributed by atoms with E-state index >= 15 is 0 Å². The first kappa shape index (κ1) is 36.9. The van der Waals surface area contributed by atoms with Gasteiger partial charge in [0, 0.05) is 0 Å². The molecule has 0 aromatic heterocycles. The third kappa shape index (κ3) is 7.39. The van der Waals surface area contributed by atoms with Crippen LogP contribution in [0.15, 0.2) is 72.8 Å². The predicted molar refractivity (Wildman–Crippen MR) is 193 cm³/mol. The molecule has 0 bridgehead atoms. The molecule has 1 fully saturated rings. The number of rotatable bonds is 14. The van der Waals surface area contributed by atoms with E-state index in [1.54, 1.807) is 71.8 Å². The van der Waals surface area contributed by atoms with Crippen molar-refractivity contribution in [1.29, 1.82) is 0 Å². The molecule has 278 valence electrons. The number of methoxy groups -OCH3 is 4. The second-order valence-electron chi connectivity index (χ2n) is 13.3. The van der Waals surface area contributed by atoms with Crippen molar-refractivity contribution in [2.24, 2.45) is 11.8 Å². The lowest BCUT2D eigenvalue weighted by Gasteiger charge is -2.24. The summed E-state index contributed by atoms with van der Waals surface area (Å²) in [5.41, 5.74) is 3.22.